The van der Waals surface area contributed by atoms with Gasteiger partial charge in [0.2, 0.25) is 0 Å². The topological polar surface area (TPSA) is 70.3 Å². The Labute approximate surface area is 154 Å². The molecule has 2 unspecified atom stereocenters. The number of imidazole rings is 1. The highest BCUT2D eigenvalue weighted by Gasteiger charge is 2.30. The minimum absolute atomic E-state index is 0.165. The van der Waals surface area contributed by atoms with E-state index in [4.69, 9.17) is 0 Å². The highest BCUT2D eigenvalue weighted by molar-refractivity contribution is 5.50. The monoisotopic (exact) mass is 356 g/mol. The lowest BCUT2D eigenvalue weighted by molar-refractivity contribution is 0.0874. The van der Waals surface area contributed by atoms with Crippen molar-refractivity contribution >= 4 is 11.6 Å². The first-order chi connectivity index (χ1) is 12.7. The second-order valence-corrected chi connectivity index (χ2v) is 7.47. The van der Waals surface area contributed by atoms with Gasteiger partial charge in [0.25, 0.3) is 0 Å². The smallest absolute Gasteiger partial charge is 0.137 e. The summed E-state index contributed by atoms with van der Waals surface area (Å²) in [6, 6.07) is 2.11. The first-order valence-electron chi connectivity index (χ1n) is 9.69. The summed E-state index contributed by atoms with van der Waals surface area (Å²) in [5.41, 5.74) is 0. The normalized spacial score (nSPS) is 22.5. The number of anilines is 2. The summed E-state index contributed by atoms with van der Waals surface area (Å²) in [7, 11) is 1.93. The highest BCUT2D eigenvalue weighted by atomic mass is 16.3. The van der Waals surface area contributed by atoms with Crippen LogP contribution in [0.2, 0.25) is 0 Å². The molecule has 2 aliphatic rings. The number of aryl methyl sites for hydroxylation is 1. The Hall–Kier alpha value is -2.15. The van der Waals surface area contributed by atoms with Crippen LogP contribution in [0.4, 0.5) is 11.6 Å². The number of hydrogen-bond donors (Lipinski definition) is 1. The van der Waals surface area contributed by atoms with E-state index >= 15 is 0 Å². The molecule has 1 N–H and O–H groups in total. The van der Waals surface area contributed by atoms with E-state index in [9.17, 15) is 5.11 Å². The van der Waals surface area contributed by atoms with Crippen molar-refractivity contribution in [1.82, 2.24) is 19.5 Å². The number of aromatic nitrogens is 4. The Morgan fingerprint density at radius 1 is 1.00 bits per heavy atom. The van der Waals surface area contributed by atoms with Crippen LogP contribution in [0.1, 0.15) is 44.0 Å². The van der Waals surface area contributed by atoms with Gasteiger partial charge in [-0.05, 0) is 32.1 Å². The first-order valence-corrected chi connectivity index (χ1v) is 9.69. The van der Waals surface area contributed by atoms with Gasteiger partial charge in [-0.25, -0.2) is 15.0 Å². The van der Waals surface area contributed by atoms with Crippen molar-refractivity contribution in [2.24, 2.45) is 13.0 Å². The van der Waals surface area contributed by atoms with Gasteiger partial charge in [0, 0.05) is 57.6 Å². The van der Waals surface area contributed by atoms with E-state index in [1.165, 1.54) is 19.3 Å². The van der Waals surface area contributed by atoms with E-state index in [1.54, 1.807) is 12.5 Å². The maximum absolute atomic E-state index is 10.8. The summed E-state index contributed by atoms with van der Waals surface area (Å²) < 4.78 is 1.91. The van der Waals surface area contributed by atoms with Crippen LogP contribution in [-0.2, 0) is 7.05 Å². The molecule has 7 heteroatoms. The van der Waals surface area contributed by atoms with Gasteiger partial charge in [0.15, 0.2) is 0 Å². The van der Waals surface area contributed by atoms with Crippen molar-refractivity contribution in [2.45, 2.75) is 38.2 Å². The van der Waals surface area contributed by atoms with Gasteiger partial charge in [-0.1, -0.05) is 0 Å². The lowest BCUT2D eigenvalue weighted by Crippen LogP contribution is -2.39. The van der Waals surface area contributed by atoms with E-state index in [2.05, 4.69) is 30.8 Å². The third-order valence-electron chi connectivity index (χ3n) is 5.67. The van der Waals surface area contributed by atoms with E-state index in [0.717, 1.165) is 56.5 Å². The van der Waals surface area contributed by atoms with Crippen LogP contribution in [0.5, 0.6) is 0 Å². The van der Waals surface area contributed by atoms with Crippen LogP contribution in [0.3, 0.4) is 0 Å². The molecule has 4 heterocycles. The Morgan fingerprint density at radius 3 is 2.46 bits per heavy atom. The van der Waals surface area contributed by atoms with Crippen molar-refractivity contribution < 1.29 is 5.11 Å². The summed E-state index contributed by atoms with van der Waals surface area (Å²) in [6.45, 7) is 3.93. The van der Waals surface area contributed by atoms with Gasteiger partial charge < -0.3 is 19.5 Å². The zero-order chi connectivity index (χ0) is 17.9. The largest absolute Gasteiger partial charge is 0.385 e. The standard InChI is InChI=1S/C19H28N6O/c1-23-11-7-20-19(23)18(26)15-6-5-10-25(13-15)17-12-16(21-14-22-17)24-8-3-2-4-9-24/h7,11-12,14-15,18,26H,2-6,8-10,13H2,1H3. The first kappa shape index (κ1) is 17.3. The molecule has 140 valence electrons. The Bertz CT molecular complexity index is 726. The summed E-state index contributed by atoms with van der Waals surface area (Å²) >= 11 is 0. The van der Waals surface area contributed by atoms with Crippen molar-refractivity contribution in [3.05, 3.63) is 30.6 Å². The lowest BCUT2D eigenvalue weighted by Gasteiger charge is -2.36. The van der Waals surface area contributed by atoms with E-state index in [1.807, 2.05) is 17.8 Å². The van der Waals surface area contributed by atoms with Gasteiger partial charge >= 0.3 is 0 Å². The highest BCUT2D eigenvalue weighted by Crippen LogP contribution is 2.31. The molecule has 2 aromatic heterocycles. The minimum Gasteiger partial charge on any atom is -0.385 e. The fourth-order valence-corrected chi connectivity index (χ4v) is 4.15. The quantitative estimate of drug-likeness (QED) is 0.905. The van der Waals surface area contributed by atoms with Crippen LogP contribution in [0, 0.1) is 5.92 Å². The molecule has 0 spiro atoms. The fraction of sp³-hybridized carbons (Fsp3) is 0.632. The van der Waals surface area contributed by atoms with Gasteiger partial charge in [0.05, 0.1) is 0 Å². The molecule has 2 fully saturated rings. The number of rotatable bonds is 4. The Kier molecular flexibility index (Phi) is 5.06. The summed E-state index contributed by atoms with van der Waals surface area (Å²) in [5.74, 6) is 2.91. The van der Waals surface area contributed by atoms with Gasteiger partial charge in [-0.2, -0.15) is 0 Å². The Morgan fingerprint density at radius 2 is 1.73 bits per heavy atom. The minimum atomic E-state index is -0.541. The van der Waals surface area contributed by atoms with Gasteiger partial charge in [-0.3, -0.25) is 0 Å². The molecule has 0 amide bonds. The van der Waals surface area contributed by atoms with Crippen LogP contribution < -0.4 is 9.80 Å². The van der Waals surface area contributed by atoms with Crippen LogP contribution >= 0.6 is 0 Å². The molecule has 2 atom stereocenters. The average Bonchev–Trinajstić information content (AvgIpc) is 3.14. The SMILES string of the molecule is Cn1ccnc1C(O)C1CCCN(c2cc(N3CCCCC3)ncn2)C1. The molecular weight excluding hydrogens is 328 g/mol. The van der Waals surface area contributed by atoms with Crippen molar-refractivity contribution in [1.29, 1.82) is 0 Å². The van der Waals surface area contributed by atoms with Crippen molar-refractivity contribution in [3.8, 4) is 0 Å². The second kappa shape index (κ2) is 7.61. The van der Waals surface area contributed by atoms with Gasteiger partial charge in [-0.15, -0.1) is 0 Å². The molecule has 2 saturated heterocycles. The van der Waals surface area contributed by atoms with Crippen molar-refractivity contribution in [2.75, 3.05) is 36.0 Å². The van der Waals surface area contributed by atoms with E-state index < -0.39 is 6.10 Å². The molecule has 2 aliphatic heterocycles. The average molecular weight is 356 g/mol. The van der Waals surface area contributed by atoms with Crippen LogP contribution in [-0.4, -0.2) is 50.8 Å². The predicted molar refractivity (Wildman–Crippen MR) is 101 cm³/mol. The van der Waals surface area contributed by atoms with Gasteiger partial charge in [0.1, 0.15) is 29.9 Å². The van der Waals surface area contributed by atoms with Crippen LogP contribution in [0.25, 0.3) is 0 Å². The maximum atomic E-state index is 10.8. The molecule has 2 aromatic rings. The Balaban J connectivity index is 1.48. The molecular formula is C19H28N6O. The number of aliphatic hydroxyl groups excluding tert-OH is 1. The van der Waals surface area contributed by atoms with Crippen molar-refractivity contribution in [3.63, 3.8) is 0 Å². The number of hydrogen-bond acceptors (Lipinski definition) is 6. The summed E-state index contributed by atoms with van der Waals surface area (Å²) in [4.78, 5) is 18.0. The summed E-state index contributed by atoms with van der Waals surface area (Å²) in [5, 5.41) is 10.8. The summed E-state index contributed by atoms with van der Waals surface area (Å²) in [6.07, 6.45) is 10.6. The molecule has 0 aromatic carbocycles. The molecule has 7 nitrogen and oxygen atoms in total. The molecule has 0 aliphatic carbocycles. The fourth-order valence-electron chi connectivity index (χ4n) is 4.15. The van der Waals surface area contributed by atoms with Crippen LogP contribution in [0.15, 0.2) is 24.8 Å². The third-order valence-corrected chi connectivity index (χ3v) is 5.67. The maximum Gasteiger partial charge on any atom is 0.137 e. The predicted octanol–water partition coefficient (Wildman–Crippen LogP) is 2.15. The lowest BCUT2D eigenvalue weighted by atomic mass is 9.92. The zero-order valence-corrected chi connectivity index (χ0v) is 15.5. The number of nitrogens with zero attached hydrogens (tertiary/aromatic N) is 6. The number of piperidine rings is 2. The zero-order valence-electron chi connectivity index (χ0n) is 15.5. The molecule has 0 bridgehead atoms. The number of aliphatic hydroxyl groups is 1. The van der Waals surface area contributed by atoms with E-state index in [-0.39, 0.29) is 5.92 Å². The molecule has 0 radical (unpaired) electrons. The van der Waals surface area contributed by atoms with E-state index in [0.29, 0.717) is 0 Å². The molecule has 0 saturated carbocycles. The molecule has 26 heavy (non-hydrogen) atoms. The third kappa shape index (κ3) is 3.53. The molecule has 4 rings (SSSR count). The second-order valence-electron chi connectivity index (χ2n) is 7.47.